The van der Waals surface area contributed by atoms with Gasteiger partial charge in [0.25, 0.3) is 5.56 Å². The van der Waals surface area contributed by atoms with Gasteiger partial charge in [-0.1, -0.05) is 42.8 Å². The van der Waals surface area contributed by atoms with Crippen LogP contribution in [0.2, 0.25) is 0 Å². The van der Waals surface area contributed by atoms with Crippen molar-refractivity contribution < 1.29 is 9.59 Å². The van der Waals surface area contributed by atoms with Gasteiger partial charge in [0.05, 0.1) is 16.5 Å². The summed E-state index contributed by atoms with van der Waals surface area (Å²) in [6.45, 7) is 1.75. The number of allylic oxidation sites excluding steroid dienone is 2. The lowest BCUT2D eigenvalue weighted by molar-refractivity contribution is -0.115. The first-order chi connectivity index (χ1) is 16.9. The number of carbonyl (C=O) groups excluding carboxylic acids is 2. The van der Waals surface area contributed by atoms with Crippen LogP contribution in [0.1, 0.15) is 66.9 Å². The molecule has 1 aromatic heterocycles. The normalized spacial score (nSPS) is 16.9. The molecule has 0 amide bonds. The molecule has 7 heteroatoms. The first-order valence-corrected chi connectivity index (χ1v) is 13.0. The maximum absolute atomic E-state index is 13.8. The van der Waals surface area contributed by atoms with E-state index in [1.165, 1.54) is 20.9 Å². The SMILES string of the molecule is Cc1c(C(=O)C2=C(Sc3ccccc3)CCCC2=O)ccc2c1c(=O)n(C1CCCC1)c(=O)n2C. The highest BCUT2D eigenvalue weighted by molar-refractivity contribution is 8.03. The molecule has 0 saturated heterocycles. The number of thioether (sulfide) groups is 1. The molecule has 2 aromatic carbocycles. The number of fused-ring (bicyclic) bond motifs is 1. The van der Waals surface area contributed by atoms with E-state index in [0.29, 0.717) is 34.9 Å². The molecule has 5 rings (SSSR count). The smallest absolute Gasteiger partial charge is 0.296 e. The molecule has 2 aliphatic carbocycles. The lowest BCUT2D eigenvalue weighted by atomic mass is 9.89. The maximum atomic E-state index is 13.8. The molecule has 1 heterocycles. The van der Waals surface area contributed by atoms with Crippen molar-refractivity contribution >= 4 is 34.2 Å². The zero-order valence-corrected chi connectivity index (χ0v) is 20.8. The van der Waals surface area contributed by atoms with Crippen LogP contribution in [0.25, 0.3) is 10.9 Å². The summed E-state index contributed by atoms with van der Waals surface area (Å²) in [7, 11) is 1.66. The maximum Gasteiger partial charge on any atom is 0.331 e. The van der Waals surface area contributed by atoms with Crippen LogP contribution in [-0.2, 0) is 11.8 Å². The molecule has 2 aliphatic rings. The monoisotopic (exact) mass is 488 g/mol. The molecule has 0 unspecified atom stereocenters. The Bertz CT molecular complexity index is 1490. The standard InChI is InChI=1S/C28H28N2O4S/c1-17-20(26(32)25-22(31)13-8-14-23(25)35-19-11-4-3-5-12-19)15-16-21-24(17)27(33)30(28(34)29(21)2)18-9-6-7-10-18/h3-5,11-12,15-16,18H,6-10,13-14H2,1-2H3. The second kappa shape index (κ2) is 9.46. The first kappa shape index (κ1) is 23.5. The Labute approximate surface area is 207 Å². The minimum atomic E-state index is -0.343. The van der Waals surface area contributed by atoms with E-state index in [9.17, 15) is 19.2 Å². The molecular formula is C28H28N2O4S. The van der Waals surface area contributed by atoms with Crippen LogP contribution < -0.4 is 11.2 Å². The number of ketones is 2. The van der Waals surface area contributed by atoms with Crippen LogP contribution in [0.15, 0.2) is 67.4 Å². The molecule has 35 heavy (non-hydrogen) atoms. The summed E-state index contributed by atoms with van der Waals surface area (Å²) in [4.78, 5) is 55.2. The van der Waals surface area contributed by atoms with Gasteiger partial charge in [0.2, 0.25) is 0 Å². The highest BCUT2D eigenvalue weighted by Gasteiger charge is 2.30. The molecule has 0 atom stereocenters. The van der Waals surface area contributed by atoms with Gasteiger partial charge in [0.1, 0.15) is 0 Å². The van der Waals surface area contributed by atoms with E-state index in [4.69, 9.17) is 0 Å². The summed E-state index contributed by atoms with van der Waals surface area (Å²) >= 11 is 1.46. The second-order valence-electron chi connectivity index (χ2n) is 9.41. The summed E-state index contributed by atoms with van der Waals surface area (Å²) < 4.78 is 2.87. The fraction of sp³-hybridized carbons (Fsp3) is 0.357. The number of Topliss-reactive ketones (excluding diaryl/α,β-unsaturated/α-hetero) is 2. The van der Waals surface area contributed by atoms with Gasteiger partial charge in [-0.2, -0.15) is 0 Å². The van der Waals surface area contributed by atoms with Crippen molar-refractivity contribution in [3.8, 4) is 0 Å². The highest BCUT2D eigenvalue weighted by Crippen LogP contribution is 2.38. The summed E-state index contributed by atoms with van der Waals surface area (Å²) in [6.07, 6.45) is 5.33. The van der Waals surface area contributed by atoms with Crippen molar-refractivity contribution in [3.63, 3.8) is 0 Å². The molecule has 1 fully saturated rings. The Kier molecular flexibility index (Phi) is 6.36. The van der Waals surface area contributed by atoms with Crippen molar-refractivity contribution in [2.24, 2.45) is 7.05 Å². The number of hydrogen-bond donors (Lipinski definition) is 0. The van der Waals surface area contributed by atoms with Crippen molar-refractivity contribution in [1.82, 2.24) is 9.13 Å². The van der Waals surface area contributed by atoms with Crippen molar-refractivity contribution in [2.45, 2.75) is 62.8 Å². The van der Waals surface area contributed by atoms with Crippen molar-refractivity contribution in [3.05, 3.63) is 84.9 Å². The number of hydrogen-bond acceptors (Lipinski definition) is 5. The molecule has 0 radical (unpaired) electrons. The summed E-state index contributed by atoms with van der Waals surface area (Å²) in [5.41, 5.74) is 0.946. The van der Waals surface area contributed by atoms with Gasteiger partial charge >= 0.3 is 5.69 Å². The minimum Gasteiger partial charge on any atom is -0.296 e. The highest BCUT2D eigenvalue weighted by atomic mass is 32.2. The Morgan fingerprint density at radius 3 is 2.37 bits per heavy atom. The molecule has 180 valence electrons. The first-order valence-electron chi connectivity index (χ1n) is 12.2. The van der Waals surface area contributed by atoms with E-state index in [1.54, 1.807) is 26.1 Å². The summed E-state index contributed by atoms with van der Waals surface area (Å²) in [5, 5.41) is 0.381. The average Bonchev–Trinajstić information content (AvgIpc) is 3.37. The zero-order chi connectivity index (χ0) is 24.7. The fourth-order valence-electron chi connectivity index (χ4n) is 5.39. The number of aromatic nitrogens is 2. The third-order valence-electron chi connectivity index (χ3n) is 7.24. The van der Waals surface area contributed by atoms with Gasteiger partial charge in [-0.05, 0) is 62.4 Å². The Morgan fingerprint density at radius 2 is 1.66 bits per heavy atom. The third-order valence-corrected chi connectivity index (χ3v) is 8.40. The third kappa shape index (κ3) is 4.12. The van der Waals surface area contributed by atoms with Crippen molar-refractivity contribution in [2.75, 3.05) is 0 Å². The van der Waals surface area contributed by atoms with Crippen LogP contribution in [0.3, 0.4) is 0 Å². The predicted molar refractivity (Wildman–Crippen MR) is 138 cm³/mol. The number of benzene rings is 2. The predicted octanol–water partition coefficient (Wildman–Crippen LogP) is 5.11. The lowest BCUT2D eigenvalue weighted by Crippen LogP contribution is -2.41. The Balaban J connectivity index is 1.67. The summed E-state index contributed by atoms with van der Waals surface area (Å²) in [6, 6.07) is 12.9. The molecule has 6 nitrogen and oxygen atoms in total. The Hall–Kier alpha value is -3.19. The van der Waals surface area contributed by atoms with Crippen LogP contribution in [0.5, 0.6) is 0 Å². The molecular weight excluding hydrogens is 460 g/mol. The number of carbonyl (C=O) groups is 2. The van der Waals surface area contributed by atoms with Crippen LogP contribution in [0.4, 0.5) is 0 Å². The molecule has 0 spiro atoms. The van der Waals surface area contributed by atoms with Gasteiger partial charge in [-0.3, -0.25) is 23.5 Å². The second-order valence-corrected chi connectivity index (χ2v) is 10.6. The summed E-state index contributed by atoms with van der Waals surface area (Å²) in [5.74, 6) is -0.490. The molecule has 0 aliphatic heterocycles. The van der Waals surface area contributed by atoms with E-state index in [0.717, 1.165) is 41.9 Å². The number of nitrogens with zero attached hydrogens (tertiary/aromatic N) is 2. The van der Waals surface area contributed by atoms with Crippen LogP contribution in [0, 0.1) is 6.92 Å². The van der Waals surface area contributed by atoms with Gasteiger partial charge in [-0.25, -0.2) is 4.79 Å². The van der Waals surface area contributed by atoms with Crippen molar-refractivity contribution in [1.29, 1.82) is 0 Å². The van der Waals surface area contributed by atoms with E-state index in [1.807, 2.05) is 30.3 Å². The zero-order valence-electron chi connectivity index (χ0n) is 20.0. The Morgan fingerprint density at radius 1 is 0.943 bits per heavy atom. The van der Waals surface area contributed by atoms with Gasteiger partial charge < -0.3 is 0 Å². The molecule has 1 saturated carbocycles. The van der Waals surface area contributed by atoms with E-state index in [2.05, 4.69) is 0 Å². The molecule has 0 N–H and O–H groups in total. The largest absolute Gasteiger partial charge is 0.331 e. The lowest BCUT2D eigenvalue weighted by Gasteiger charge is -2.20. The van der Waals surface area contributed by atoms with E-state index >= 15 is 0 Å². The minimum absolute atomic E-state index is 0.110. The van der Waals surface area contributed by atoms with Crippen LogP contribution in [-0.4, -0.2) is 20.7 Å². The van der Waals surface area contributed by atoms with Gasteiger partial charge in [-0.15, -0.1) is 0 Å². The van der Waals surface area contributed by atoms with E-state index in [-0.39, 0.29) is 34.4 Å². The van der Waals surface area contributed by atoms with E-state index < -0.39 is 0 Å². The molecule has 0 bridgehead atoms. The van der Waals surface area contributed by atoms with Gasteiger partial charge in [0, 0.05) is 34.9 Å². The number of rotatable bonds is 5. The van der Waals surface area contributed by atoms with Crippen LogP contribution >= 0.6 is 11.8 Å². The van der Waals surface area contributed by atoms with Gasteiger partial charge in [0.15, 0.2) is 11.6 Å². The number of aryl methyl sites for hydroxylation is 2. The average molecular weight is 489 g/mol. The topological polar surface area (TPSA) is 78.1 Å². The fourth-order valence-corrected chi connectivity index (χ4v) is 6.52. The molecule has 3 aromatic rings. The quantitative estimate of drug-likeness (QED) is 0.369.